The summed E-state index contributed by atoms with van der Waals surface area (Å²) in [6.07, 6.45) is 0. The van der Waals surface area contributed by atoms with Crippen molar-refractivity contribution in [3.8, 4) is 55.6 Å². The van der Waals surface area contributed by atoms with Crippen LogP contribution in [0.4, 0.5) is 0 Å². The van der Waals surface area contributed by atoms with Gasteiger partial charge in [-0.1, -0.05) is 202 Å². The Morgan fingerprint density at radius 2 is 0.774 bits per heavy atom. The van der Waals surface area contributed by atoms with E-state index in [4.69, 9.17) is 4.42 Å². The second kappa shape index (κ2) is 13.1. The molecule has 290 valence electrons. The van der Waals surface area contributed by atoms with E-state index in [1.54, 1.807) is 0 Å². The molecule has 12 aromatic rings. The zero-order valence-corrected chi connectivity index (χ0v) is 34.5. The van der Waals surface area contributed by atoms with Gasteiger partial charge in [0.15, 0.2) is 0 Å². The highest BCUT2D eigenvalue weighted by Crippen LogP contribution is 2.55. The van der Waals surface area contributed by atoms with Gasteiger partial charge < -0.3 is 4.42 Å². The number of benzene rings is 11. The van der Waals surface area contributed by atoms with Gasteiger partial charge in [-0.05, 0) is 122 Å². The Balaban J connectivity index is 0.953. The Bertz CT molecular complexity index is 3770. The van der Waals surface area contributed by atoms with Crippen molar-refractivity contribution >= 4 is 65.0 Å². The van der Waals surface area contributed by atoms with Gasteiger partial charge in [-0.3, -0.25) is 0 Å². The predicted octanol–water partition coefficient (Wildman–Crippen LogP) is 17.2. The summed E-state index contributed by atoms with van der Waals surface area (Å²) in [7, 11) is 0. The lowest BCUT2D eigenvalue weighted by atomic mass is 9.79. The van der Waals surface area contributed by atoms with E-state index in [1.807, 2.05) is 12.1 Å². The van der Waals surface area contributed by atoms with Gasteiger partial charge in [0.25, 0.3) is 0 Å². The van der Waals surface area contributed by atoms with Crippen LogP contribution < -0.4 is 0 Å². The van der Waals surface area contributed by atoms with E-state index in [2.05, 4.69) is 208 Å². The van der Waals surface area contributed by atoms with Crippen molar-refractivity contribution < 1.29 is 4.42 Å². The summed E-state index contributed by atoms with van der Waals surface area (Å²) in [4.78, 5) is 0. The van der Waals surface area contributed by atoms with Crippen LogP contribution in [0.15, 0.2) is 211 Å². The predicted molar refractivity (Wildman–Crippen MR) is 263 cm³/mol. The van der Waals surface area contributed by atoms with E-state index in [9.17, 15) is 0 Å². The lowest BCUT2D eigenvalue weighted by Gasteiger charge is -2.24. The summed E-state index contributed by atoms with van der Waals surface area (Å²) >= 11 is 0. The number of furan rings is 1. The van der Waals surface area contributed by atoms with E-state index in [0.717, 1.165) is 33.1 Å². The molecule has 11 aromatic carbocycles. The van der Waals surface area contributed by atoms with Gasteiger partial charge in [0, 0.05) is 21.8 Å². The summed E-state index contributed by atoms with van der Waals surface area (Å²) in [5.41, 5.74) is 16.9. The van der Waals surface area contributed by atoms with E-state index >= 15 is 0 Å². The number of fused-ring (bicyclic) bond motifs is 13. The third-order valence-electron chi connectivity index (χ3n) is 13.8. The zero-order chi connectivity index (χ0) is 41.1. The van der Waals surface area contributed by atoms with Crippen LogP contribution in [0.3, 0.4) is 0 Å². The zero-order valence-electron chi connectivity index (χ0n) is 34.5. The molecule has 0 aliphatic heterocycles. The molecule has 0 unspecified atom stereocenters. The van der Waals surface area contributed by atoms with Crippen molar-refractivity contribution in [2.75, 3.05) is 0 Å². The fourth-order valence-corrected chi connectivity index (χ4v) is 11.1. The maximum atomic E-state index is 6.43. The van der Waals surface area contributed by atoms with Crippen LogP contribution in [-0.4, -0.2) is 0 Å². The van der Waals surface area contributed by atoms with Gasteiger partial charge in [0.2, 0.25) is 0 Å². The molecule has 0 amide bonds. The molecule has 0 atom stereocenters. The molecule has 0 bridgehead atoms. The quantitative estimate of drug-likeness (QED) is 0.128. The Morgan fingerprint density at radius 3 is 1.45 bits per heavy atom. The standard InChI is InChI=1S/C61H40O/c1-61(2)54-34-33-40(36-53(54)58-46-20-5-3-17-43(46)44-18-4-10-25-51(44)59(58)61)39-15-13-16-41(35-39)57-49-23-8-6-21-47(49)56(48-22-7-9-24-50(48)57)38-31-29-37(30-32-38)42-26-14-27-52-45-19-11-12-28-55(45)62-60(42)52/h3-36H,1-2H3. The van der Waals surface area contributed by atoms with Crippen molar-refractivity contribution in [1.29, 1.82) is 0 Å². The molecular weight excluding hydrogens is 749 g/mol. The molecule has 0 radical (unpaired) electrons. The Labute approximate surface area is 360 Å². The first kappa shape index (κ1) is 35.1. The number of hydrogen-bond acceptors (Lipinski definition) is 1. The minimum absolute atomic E-state index is 0.128. The second-order valence-corrected chi connectivity index (χ2v) is 17.5. The monoisotopic (exact) mass is 788 g/mol. The van der Waals surface area contributed by atoms with E-state index < -0.39 is 0 Å². The Hall–Kier alpha value is -7.74. The maximum Gasteiger partial charge on any atom is 0.143 e. The summed E-state index contributed by atoms with van der Waals surface area (Å²) in [6, 6.07) is 76.0. The maximum absolute atomic E-state index is 6.43. The fraction of sp³-hybridized carbons (Fsp3) is 0.0492. The van der Waals surface area contributed by atoms with E-state index in [-0.39, 0.29) is 5.41 Å². The third kappa shape index (κ3) is 4.97. The summed E-state index contributed by atoms with van der Waals surface area (Å²) in [5.74, 6) is 0. The minimum Gasteiger partial charge on any atom is -0.455 e. The van der Waals surface area contributed by atoms with Gasteiger partial charge in [-0.2, -0.15) is 0 Å². The van der Waals surface area contributed by atoms with Gasteiger partial charge in [0.1, 0.15) is 11.2 Å². The molecular formula is C61H40O. The topological polar surface area (TPSA) is 13.1 Å². The van der Waals surface area contributed by atoms with E-state index in [1.165, 1.54) is 98.7 Å². The van der Waals surface area contributed by atoms with Gasteiger partial charge in [-0.25, -0.2) is 0 Å². The van der Waals surface area contributed by atoms with Crippen LogP contribution in [0.1, 0.15) is 25.0 Å². The van der Waals surface area contributed by atoms with Crippen molar-refractivity contribution in [3.05, 3.63) is 217 Å². The first-order valence-electron chi connectivity index (χ1n) is 21.7. The summed E-state index contributed by atoms with van der Waals surface area (Å²) < 4.78 is 6.43. The number of rotatable bonds is 4. The fourth-order valence-electron chi connectivity index (χ4n) is 11.1. The van der Waals surface area contributed by atoms with Crippen LogP contribution in [0.5, 0.6) is 0 Å². The molecule has 1 nitrogen and oxygen atoms in total. The molecule has 13 rings (SSSR count). The first-order chi connectivity index (χ1) is 30.5. The lowest BCUT2D eigenvalue weighted by Crippen LogP contribution is -2.15. The highest BCUT2D eigenvalue weighted by molar-refractivity contribution is 6.22. The third-order valence-corrected chi connectivity index (χ3v) is 13.8. The molecule has 0 N–H and O–H groups in total. The minimum atomic E-state index is -0.128. The molecule has 0 saturated heterocycles. The lowest BCUT2D eigenvalue weighted by molar-refractivity contribution is 0.666. The normalized spacial score (nSPS) is 13.1. The van der Waals surface area contributed by atoms with Crippen molar-refractivity contribution in [2.45, 2.75) is 19.3 Å². The molecule has 0 saturated carbocycles. The molecule has 62 heavy (non-hydrogen) atoms. The Kier molecular flexibility index (Phi) is 7.42. The molecule has 1 aromatic heterocycles. The number of para-hydroxylation sites is 2. The van der Waals surface area contributed by atoms with Crippen molar-refractivity contribution in [3.63, 3.8) is 0 Å². The highest BCUT2D eigenvalue weighted by atomic mass is 16.3. The average Bonchev–Trinajstić information content (AvgIpc) is 3.83. The smallest absolute Gasteiger partial charge is 0.143 e. The van der Waals surface area contributed by atoms with E-state index in [0.29, 0.717) is 0 Å². The van der Waals surface area contributed by atoms with Gasteiger partial charge >= 0.3 is 0 Å². The molecule has 1 heterocycles. The van der Waals surface area contributed by atoms with Gasteiger partial charge in [-0.15, -0.1) is 0 Å². The largest absolute Gasteiger partial charge is 0.455 e. The summed E-state index contributed by atoms with van der Waals surface area (Å²) in [5, 5.41) is 12.6. The number of hydrogen-bond donors (Lipinski definition) is 0. The molecule has 1 aliphatic rings. The Morgan fingerprint density at radius 1 is 0.306 bits per heavy atom. The van der Waals surface area contributed by atoms with Crippen molar-refractivity contribution in [2.24, 2.45) is 0 Å². The van der Waals surface area contributed by atoms with Crippen molar-refractivity contribution in [1.82, 2.24) is 0 Å². The van der Waals surface area contributed by atoms with Crippen LogP contribution in [-0.2, 0) is 5.41 Å². The van der Waals surface area contributed by atoms with Crippen LogP contribution in [0.25, 0.3) is 121 Å². The molecule has 0 spiro atoms. The SMILES string of the molecule is CC1(C)c2ccc(-c3cccc(-c4c5ccccc5c(-c5ccc(-c6cccc7c6oc6ccccc67)cc5)c5ccccc45)c3)cc2-c2c1c1ccccc1c1ccccc21. The molecule has 0 fully saturated rings. The van der Waals surface area contributed by atoms with Crippen LogP contribution in [0.2, 0.25) is 0 Å². The highest BCUT2D eigenvalue weighted by Gasteiger charge is 2.38. The second-order valence-electron chi connectivity index (χ2n) is 17.5. The average molecular weight is 789 g/mol. The first-order valence-corrected chi connectivity index (χ1v) is 21.7. The molecule has 1 aliphatic carbocycles. The summed E-state index contributed by atoms with van der Waals surface area (Å²) in [6.45, 7) is 4.80. The molecule has 1 heteroatoms. The van der Waals surface area contributed by atoms with Crippen LogP contribution in [0, 0.1) is 0 Å². The van der Waals surface area contributed by atoms with Crippen LogP contribution >= 0.6 is 0 Å². The van der Waals surface area contributed by atoms with Gasteiger partial charge in [0.05, 0.1) is 0 Å².